The van der Waals surface area contributed by atoms with Crippen molar-refractivity contribution in [2.24, 2.45) is 0 Å². The minimum absolute atomic E-state index is 0.0143. The summed E-state index contributed by atoms with van der Waals surface area (Å²) in [7, 11) is 0. The van der Waals surface area contributed by atoms with E-state index in [0.717, 1.165) is 11.2 Å². The van der Waals surface area contributed by atoms with Gasteiger partial charge in [0.25, 0.3) is 11.7 Å². The molecule has 0 spiro atoms. The third-order valence-corrected chi connectivity index (χ3v) is 4.11. The molecule has 6 nitrogen and oxygen atoms in total. The van der Waals surface area contributed by atoms with Crippen molar-refractivity contribution in [2.45, 2.75) is 25.2 Å². The molecule has 3 rings (SSSR count). The van der Waals surface area contributed by atoms with Gasteiger partial charge in [0.05, 0.1) is 18.4 Å². The first-order valence-corrected chi connectivity index (χ1v) is 8.25. The van der Waals surface area contributed by atoms with E-state index in [0.29, 0.717) is 12.0 Å². The number of hydrogen-bond acceptors (Lipinski definition) is 3. The molecule has 2 amide bonds. The summed E-state index contributed by atoms with van der Waals surface area (Å²) < 4.78 is 46.9. The second-order valence-corrected chi connectivity index (χ2v) is 5.98. The largest absolute Gasteiger partial charge is 0.465 e. The molecular weight excluding hydrogens is 363 g/mol. The Kier molecular flexibility index (Phi) is 4.77. The van der Waals surface area contributed by atoms with Crippen LogP contribution in [0.4, 0.5) is 13.2 Å². The summed E-state index contributed by atoms with van der Waals surface area (Å²) in [6.45, 7) is 1.80. The maximum Gasteiger partial charge on any atom is 0.465 e. The highest BCUT2D eigenvalue weighted by Gasteiger charge is 2.72. The molecule has 2 aromatic rings. The van der Waals surface area contributed by atoms with Crippen molar-refractivity contribution in [3.05, 3.63) is 60.1 Å². The molecule has 2 heterocycles. The lowest BCUT2D eigenvalue weighted by Crippen LogP contribution is -2.96. The number of carbonyl (C=O) groups excluding carboxylic acids is 2. The Labute approximate surface area is 152 Å². The van der Waals surface area contributed by atoms with Gasteiger partial charge in [0, 0.05) is 0 Å². The van der Waals surface area contributed by atoms with E-state index in [4.69, 9.17) is 4.42 Å². The summed E-state index contributed by atoms with van der Waals surface area (Å²) in [4.78, 5) is 28.3. The zero-order valence-corrected chi connectivity index (χ0v) is 14.3. The highest BCUT2D eigenvalue weighted by Crippen LogP contribution is 2.30. The van der Waals surface area contributed by atoms with Crippen LogP contribution in [0.15, 0.2) is 53.1 Å². The van der Waals surface area contributed by atoms with Crippen molar-refractivity contribution < 1.29 is 32.2 Å². The van der Waals surface area contributed by atoms with Crippen LogP contribution in [0.1, 0.15) is 29.5 Å². The molecule has 1 aromatic heterocycles. The Morgan fingerprint density at radius 3 is 2.48 bits per heavy atom. The maximum absolute atomic E-state index is 14.0. The van der Waals surface area contributed by atoms with E-state index in [-0.39, 0.29) is 18.1 Å². The lowest BCUT2D eigenvalue weighted by molar-refractivity contribution is -0.580. The highest BCUT2D eigenvalue weighted by molar-refractivity contribution is 6.11. The number of benzene rings is 1. The van der Waals surface area contributed by atoms with Gasteiger partial charge in [-0.15, -0.1) is 0 Å². The number of rotatable bonds is 5. The monoisotopic (exact) mass is 380 g/mol. The SMILES string of the molecule is CCCN1C(=O)[C@](NC(=O)c2ccco2)(C(F)(F)F)[NH+]=C1c1ccccc1. The first-order valence-electron chi connectivity index (χ1n) is 8.25. The molecular formula is C18H17F3N3O3+. The predicted octanol–water partition coefficient (Wildman–Crippen LogP) is 1.05. The zero-order valence-electron chi connectivity index (χ0n) is 14.3. The van der Waals surface area contributed by atoms with Crippen molar-refractivity contribution in [3.63, 3.8) is 0 Å². The molecule has 27 heavy (non-hydrogen) atoms. The zero-order chi connectivity index (χ0) is 19.7. The molecule has 9 heteroatoms. The fourth-order valence-electron chi connectivity index (χ4n) is 2.85. The van der Waals surface area contributed by atoms with E-state index in [1.807, 2.05) is 0 Å². The van der Waals surface area contributed by atoms with Crippen LogP contribution in [0.2, 0.25) is 0 Å². The number of amidine groups is 1. The predicted molar refractivity (Wildman–Crippen MR) is 88.5 cm³/mol. The lowest BCUT2D eigenvalue weighted by atomic mass is 10.1. The summed E-state index contributed by atoms with van der Waals surface area (Å²) in [6, 6.07) is 10.7. The van der Waals surface area contributed by atoms with Gasteiger partial charge in [-0.2, -0.15) is 18.1 Å². The highest BCUT2D eigenvalue weighted by atomic mass is 19.4. The van der Waals surface area contributed by atoms with Gasteiger partial charge < -0.3 is 4.42 Å². The molecule has 1 aliphatic rings. The first kappa shape index (κ1) is 18.7. The summed E-state index contributed by atoms with van der Waals surface area (Å²) in [5.41, 5.74) is -2.88. The first-order chi connectivity index (χ1) is 12.8. The molecule has 0 bridgehead atoms. The van der Waals surface area contributed by atoms with Crippen molar-refractivity contribution >= 4 is 17.6 Å². The third-order valence-electron chi connectivity index (χ3n) is 4.11. The second kappa shape index (κ2) is 6.90. The number of hydrogen-bond donors (Lipinski definition) is 2. The fourth-order valence-corrected chi connectivity index (χ4v) is 2.85. The van der Waals surface area contributed by atoms with Gasteiger partial charge in [-0.25, -0.2) is 9.79 Å². The van der Waals surface area contributed by atoms with E-state index in [2.05, 4.69) is 4.99 Å². The van der Waals surface area contributed by atoms with Crippen LogP contribution < -0.4 is 10.3 Å². The van der Waals surface area contributed by atoms with Crippen molar-refractivity contribution in [2.75, 3.05) is 6.54 Å². The molecule has 1 aromatic carbocycles. The maximum atomic E-state index is 14.0. The normalized spacial score (nSPS) is 19.9. The van der Waals surface area contributed by atoms with Crippen LogP contribution in [-0.2, 0) is 4.79 Å². The van der Waals surface area contributed by atoms with Crippen LogP contribution in [0.3, 0.4) is 0 Å². The molecule has 142 valence electrons. The Hall–Kier alpha value is -3.10. The molecule has 1 atom stereocenters. The van der Waals surface area contributed by atoms with Crippen LogP contribution >= 0.6 is 0 Å². The van der Waals surface area contributed by atoms with E-state index < -0.39 is 23.7 Å². The molecule has 0 fully saturated rings. The van der Waals surface area contributed by atoms with Crippen molar-refractivity contribution in [1.82, 2.24) is 10.2 Å². The van der Waals surface area contributed by atoms with Crippen molar-refractivity contribution in [3.8, 4) is 0 Å². The summed E-state index contributed by atoms with van der Waals surface area (Å²) in [5.74, 6) is -2.79. The molecule has 0 saturated heterocycles. The number of furan rings is 1. The Bertz CT molecular complexity index is 863. The van der Waals surface area contributed by atoms with E-state index in [9.17, 15) is 22.8 Å². The molecule has 0 radical (unpaired) electrons. The quantitative estimate of drug-likeness (QED) is 0.814. The van der Waals surface area contributed by atoms with Gasteiger partial charge in [0.2, 0.25) is 0 Å². The minimum Gasteiger partial charge on any atom is -0.459 e. The van der Waals surface area contributed by atoms with Crippen LogP contribution in [0.5, 0.6) is 0 Å². The molecule has 0 aliphatic carbocycles. The van der Waals surface area contributed by atoms with Crippen LogP contribution in [0, 0.1) is 0 Å². The summed E-state index contributed by atoms with van der Waals surface area (Å²) in [5, 5.41) is 1.79. The van der Waals surface area contributed by atoms with Crippen molar-refractivity contribution in [1.29, 1.82) is 0 Å². The summed E-state index contributed by atoms with van der Waals surface area (Å²) >= 11 is 0. The fraction of sp³-hybridized carbons (Fsp3) is 0.278. The van der Waals surface area contributed by atoms with Gasteiger partial charge >= 0.3 is 17.7 Å². The number of carbonyl (C=O) groups is 2. The van der Waals surface area contributed by atoms with Gasteiger partial charge in [-0.1, -0.05) is 25.1 Å². The topological polar surface area (TPSA) is 76.5 Å². The number of alkyl halides is 3. The van der Waals surface area contributed by atoms with E-state index in [1.54, 1.807) is 42.6 Å². The number of nitrogens with one attached hydrogen (secondary N) is 2. The number of amides is 2. The molecule has 0 unspecified atom stereocenters. The molecule has 2 N–H and O–H groups in total. The van der Waals surface area contributed by atoms with Gasteiger partial charge in [-0.3, -0.25) is 10.1 Å². The molecule has 0 saturated carbocycles. The van der Waals surface area contributed by atoms with Gasteiger partial charge in [-0.05, 0) is 30.7 Å². The van der Waals surface area contributed by atoms with Crippen LogP contribution in [0.25, 0.3) is 0 Å². The standard InChI is InChI=1S/C18H16F3N3O3/c1-2-10-24-14(12-7-4-3-5-8-12)22-17(16(24)26,18(19,20)21)23-15(25)13-9-6-11-27-13/h3-9,11H,2,10H2,1H3,(H,23,25)/p+1/t17-/m0/s1. The number of halogens is 3. The average molecular weight is 380 g/mol. The Balaban J connectivity index is 2.10. The average Bonchev–Trinajstić information content (AvgIpc) is 3.25. The number of nitrogens with zero attached hydrogens (tertiary/aromatic N) is 1. The summed E-state index contributed by atoms with van der Waals surface area (Å²) in [6.07, 6.45) is -3.50. The lowest BCUT2D eigenvalue weighted by Gasteiger charge is -2.24. The molecule has 1 aliphatic heterocycles. The van der Waals surface area contributed by atoms with Gasteiger partial charge in [0.15, 0.2) is 5.76 Å². The third kappa shape index (κ3) is 3.20. The Morgan fingerprint density at radius 2 is 1.93 bits per heavy atom. The Morgan fingerprint density at radius 1 is 1.22 bits per heavy atom. The van der Waals surface area contributed by atoms with Crippen LogP contribution in [-0.4, -0.2) is 40.9 Å². The smallest absolute Gasteiger partial charge is 0.459 e. The van der Waals surface area contributed by atoms with E-state index in [1.165, 1.54) is 12.1 Å². The van der Waals surface area contributed by atoms with Gasteiger partial charge in [0.1, 0.15) is 0 Å². The minimum atomic E-state index is -5.09. The van der Waals surface area contributed by atoms with E-state index >= 15 is 0 Å². The second-order valence-electron chi connectivity index (χ2n) is 5.98.